The molecule has 2 heterocycles. The van der Waals surface area contributed by atoms with E-state index in [4.69, 9.17) is 16.1 Å². The molecule has 2 aromatic carbocycles. The molecule has 1 amide bonds. The van der Waals surface area contributed by atoms with Crippen LogP contribution in [0.15, 0.2) is 47.0 Å². The Morgan fingerprint density at radius 2 is 2.08 bits per heavy atom. The summed E-state index contributed by atoms with van der Waals surface area (Å²) < 4.78 is 19.1. The molecule has 3 aromatic rings. The molecule has 1 saturated heterocycles. The van der Waals surface area contributed by atoms with Crippen molar-refractivity contribution in [2.45, 2.75) is 19.3 Å². The molecule has 1 aliphatic rings. The van der Waals surface area contributed by atoms with Crippen LogP contribution in [0.5, 0.6) is 0 Å². The molecular formula is C19H15ClFN3O2. The Bertz CT molecular complexity index is 988. The third-order valence-corrected chi connectivity index (χ3v) is 4.73. The van der Waals surface area contributed by atoms with E-state index in [-0.39, 0.29) is 29.7 Å². The fourth-order valence-electron chi connectivity index (χ4n) is 3.13. The first-order valence-corrected chi connectivity index (χ1v) is 8.56. The van der Waals surface area contributed by atoms with Crippen LogP contribution in [0.4, 0.5) is 10.1 Å². The largest absolute Gasteiger partial charge is 0.334 e. The van der Waals surface area contributed by atoms with Crippen LogP contribution in [0.2, 0.25) is 5.02 Å². The maximum atomic E-state index is 13.9. The van der Waals surface area contributed by atoms with Gasteiger partial charge in [0.05, 0.1) is 5.56 Å². The molecule has 7 heteroatoms. The quantitative estimate of drug-likeness (QED) is 0.686. The van der Waals surface area contributed by atoms with Gasteiger partial charge in [-0.1, -0.05) is 35.0 Å². The van der Waals surface area contributed by atoms with E-state index in [1.165, 1.54) is 6.07 Å². The molecule has 0 saturated carbocycles. The van der Waals surface area contributed by atoms with Gasteiger partial charge in [-0.05, 0) is 36.8 Å². The van der Waals surface area contributed by atoms with Crippen LogP contribution in [0.3, 0.4) is 0 Å². The Balaban J connectivity index is 1.60. The summed E-state index contributed by atoms with van der Waals surface area (Å²) in [4.78, 5) is 18.5. The van der Waals surface area contributed by atoms with Gasteiger partial charge in [-0.2, -0.15) is 4.98 Å². The molecule has 132 valence electrons. The minimum absolute atomic E-state index is 0.0300. The van der Waals surface area contributed by atoms with E-state index in [0.29, 0.717) is 17.4 Å². The maximum absolute atomic E-state index is 13.9. The SMILES string of the molecule is Cc1ccc(Cl)cc1N1CC(c2noc(-c3ccccc3F)n2)CC1=O. The molecule has 0 radical (unpaired) electrons. The van der Waals surface area contributed by atoms with Crippen molar-refractivity contribution in [3.8, 4) is 11.5 Å². The second kappa shape index (κ2) is 6.53. The molecule has 1 unspecified atom stereocenters. The molecule has 0 bridgehead atoms. The number of hydrogen-bond donors (Lipinski definition) is 0. The highest BCUT2D eigenvalue weighted by molar-refractivity contribution is 6.31. The molecule has 0 spiro atoms. The molecule has 1 fully saturated rings. The van der Waals surface area contributed by atoms with Gasteiger partial charge in [0, 0.05) is 29.6 Å². The maximum Gasteiger partial charge on any atom is 0.260 e. The van der Waals surface area contributed by atoms with Crippen LogP contribution in [0.1, 0.15) is 23.7 Å². The summed E-state index contributed by atoms with van der Waals surface area (Å²) in [7, 11) is 0. The zero-order valence-electron chi connectivity index (χ0n) is 13.9. The standard InChI is InChI=1S/C19H15ClFN3O2/c1-11-6-7-13(20)9-16(11)24-10-12(8-17(24)25)18-22-19(26-23-18)14-4-2-3-5-15(14)21/h2-7,9,12H,8,10H2,1H3. The summed E-state index contributed by atoms with van der Waals surface area (Å²) >= 11 is 6.07. The average Bonchev–Trinajstić information content (AvgIpc) is 3.24. The smallest absolute Gasteiger partial charge is 0.260 e. The minimum Gasteiger partial charge on any atom is -0.334 e. The number of carbonyl (C=O) groups is 1. The molecule has 5 nitrogen and oxygen atoms in total. The second-order valence-corrected chi connectivity index (χ2v) is 6.71. The number of aromatic nitrogens is 2. The van der Waals surface area contributed by atoms with Gasteiger partial charge in [0.15, 0.2) is 5.82 Å². The summed E-state index contributed by atoms with van der Waals surface area (Å²) in [6, 6.07) is 11.7. The van der Waals surface area contributed by atoms with Gasteiger partial charge in [0.25, 0.3) is 5.89 Å². The molecular weight excluding hydrogens is 357 g/mol. The van der Waals surface area contributed by atoms with Crippen molar-refractivity contribution in [1.82, 2.24) is 10.1 Å². The predicted molar refractivity (Wildman–Crippen MR) is 95.6 cm³/mol. The van der Waals surface area contributed by atoms with E-state index >= 15 is 0 Å². The van der Waals surface area contributed by atoms with E-state index in [1.807, 2.05) is 13.0 Å². The van der Waals surface area contributed by atoms with E-state index < -0.39 is 5.82 Å². The number of rotatable bonds is 3. The van der Waals surface area contributed by atoms with Crippen LogP contribution in [0, 0.1) is 12.7 Å². The first-order valence-electron chi connectivity index (χ1n) is 8.18. The Morgan fingerprint density at radius 3 is 2.88 bits per heavy atom. The van der Waals surface area contributed by atoms with Gasteiger partial charge in [-0.3, -0.25) is 4.79 Å². The lowest BCUT2D eigenvalue weighted by atomic mass is 10.1. The normalized spacial score (nSPS) is 17.1. The highest BCUT2D eigenvalue weighted by atomic mass is 35.5. The van der Waals surface area contributed by atoms with Crippen molar-refractivity contribution in [3.63, 3.8) is 0 Å². The lowest BCUT2D eigenvalue weighted by molar-refractivity contribution is -0.117. The number of carbonyl (C=O) groups excluding carboxylic acids is 1. The van der Waals surface area contributed by atoms with Gasteiger partial charge < -0.3 is 9.42 Å². The highest BCUT2D eigenvalue weighted by Crippen LogP contribution is 2.34. The number of hydrogen-bond acceptors (Lipinski definition) is 4. The summed E-state index contributed by atoms with van der Waals surface area (Å²) in [6.45, 7) is 2.35. The summed E-state index contributed by atoms with van der Waals surface area (Å²) in [5.41, 5.74) is 1.99. The fraction of sp³-hybridized carbons (Fsp3) is 0.211. The van der Waals surface area contributed by atoms with Gasteiger partial charge in [-0.25, -0.2) is 4.39 Å². The van der Waals surface area contributed by atoms with Crippen LogP contribution in [-0.4, -0.2) is 22.6 Å². The molecule has 26 heavy (non-hydrogen) atoms. The number of aryl methyl sites for hydroxylation is 1. The molecule has 1 aromatic heterocycles. The predicted octanol–water partition coefficient (Wildman–Crippen LogP) is 4.36. The zero-order chi connectivity index (χ0) is 18.3. The molecule has 0 aliphatic carbocycles. The van der Waals surface area contributed by atoms with Crippen LogP contribution < -0.4 is 4.90 Å². The Morgan fingerprint density at radius 1 is 1.27 bits per heavy atom. The molecule has 4 rings (SSSR count). The Kier molecular flexibility index (Phi) is 4.20. The second-order valence-electron chi connectivity index (χ2n) is 6.27. The van der Waals surface area contributed by atoms with Gasteiger partial charge in [0.1, 0.15) is 5.82 Å². The summed E-state index contributed by atoms with van der Waals surface area (Å²) in [6.07, 6.45) is 0.266. The minimum atomic E-state index is -0.429. The lowest BCUT2D eigenvalue weighted by Crippen LogP contribution is -2.25. The number of nitrogens with zero attached hydrogens (tertiary/aromatic N) is 3. The van der Waals surface area contributed by atoms with E-state index in [2.05, 4.69) is 10.1 Å². The molecule has 1 aliphatic heterocycles. The van der Waals surface area contributed by atoms with Crippen molar-refractivity contribution in [2.75, 3.05) is 11.4 Å². The van der Waals surface area contributed by atoms with Crippen LogP contribution in [0.25, 0.3) is 11.5 Å². The molecule has 0 N–H and O–H groups in total. The van der Waals surface area contributed by atoms with E-state index in [0.717, 1.165) is 11.3 Å². The summed E-state index contributed by atoms with van der Waals surface area (Å²) in [5.74, 6) is -0.161. The average molecular weight is 372 g/mol. The van der Waals surface area contributed by atoms with E-state index in [9.17, 15) is 9.18 Å². The first-order chi connectivity index (χ1) is 12.5. The van der Waals surface area contributed by atoms with Crippen molar-refractivity contribution in [1.29, 1.82) is 0 Å². The summed E-state index contributed by atoms with van der Waals surface area (Å²) in [5, 5.41) is 4.53. The topological polar surface area (TPSA) is 59.2 Å². The van der Waals surface area contributed by atoms with E-state index in [1.54, 1.807) is 35.2 Å². The number of amides is 1. The monoisotopic (exact) mass is 371 g/mol. The van der Waals surface area contributed by atoms with Gasteiger partial charge >= 0.3 is 0 Å². The number of halogens is 2. The van der Waals surface area contributed by atoms with Crippen molar-refractivity contribution in [2.24, 2.45) is 0 Å². The zero-order valence-corrected chi connectivity index (χ0v) is 14.7. The Hall–Kier alpha value is -2.73. The number of anilines is 1. The number of benzene rings is 2. The lowest BCUT2D eigenvalue weighted by Gasteiger charge is -2.19. The van der Waals surface area contributed by atoms with Gasteiger partial charge in [0.2, 0.25) is 5.91 Å². The van der Waals surface area contributed by atoms with Crippen molar-refractivity contribution < 1.29 is 13.7 Å². The highest BCUT2D eigenvalue weighted by Gasteiger charge is 2.35. The third-order valence-electron chi connectivity index (χ3n) is 4.50. The fourth-order valence-corrected chi connectivity index (χ4v) is 3.30. The van der Waals surface area contributed by atoms with Crippen molar-refractivity contribution in [3.05, 3.63) is 64.7 Å². The molecule has 1 atom stereocenters. The van der Waals surface area contributed by atoms with Crippen molar-refractivity contribution >= 4 is 23.2 Å². The first kappa shape index (κ1) is 16.7. The van der Waals surface area contributed by atoms with Crippen LogP contribution >= 0.6 is 11.6 Å². The Labute approximate surface area is 154 Å². The third kappa shape index (κ3) is 2.97. The van der Waals surface area contributed by atoms with Crippen LogP contribution in [-0.2, 0) is 4.79 Å². The van der Waals surface area contributed by atoms with Gasteiger partial charge in [-0.15, -0.1) is 0 Å².